The topological polar surface area (TPSA) is 58.2 Å². The fourth-order valence-corrected chi connectivity index (χ4v) is 2.82. The maximum Gasteiger partial charge on any atom is 0.255 e. The maximum atomic E-state index is 12.4. The standard InChI is InChI=1S/C20H14Br2N2O2/c21-15-9-5-13(6-10-15)19(25)23-17-3-1-2-4-18(17)24-20(26)14-7-11-16(22)12-8-14/h1-12H,(H,23,25)(H,24,26). The lowest BCUT2D eigenvalue weighted by molar-refractivity contribution is 0.101. The zero-order valence-electron chi connectivity index (χ0n) is 13.5. The number of amides is 2. The van der Waals surface area contributed by atoms with E-state index in [-0.39, 0.29) is 11.8 Å². The first-order valence-corrected chi connectivity index (χ1v) is 9.34. The summed E-state index contributed by atoms with van der Waals surface area (Å²) in [6, 6.07) is 21.2. The van der Waals surface area contributed by atoms with Gasteiger partial charge in [0.1, 0.15) is 0 Å². The monoisotopic (exact) mass is 472 g/mol. The van der Waals surface area contributed by atoms with E-state index in [1.807, 2.05) is 0 Å². The molecule has 3 aromatic carbocycles. The van der Waals surface area contributed by atoms with Gasteiger partial charge in [0.2, 0.25) is 0 Å². The van der Waals surface area contributed by atoms with Crippen LogP contribution >= 0.6 is 31.9 Å². The van der Waals surface area contributed by atoms with E-state index in [4.69, 9.17) is 0 Å². The first-order chi connectivity index (χ1) is 12.5. The number of carbonyl (C=O) groups excluding carboxylic acids is 2. The van der Waals surface area contributed by atoms with Gasteiger partial charge in [-0.15, -0.1) is 0 Å². The van der Waals surface area contributed by atoms with E-state index in [0.29, 0.717) is 22.5 Å². The van der Waals surface area contributed by atoms with Crippen molar-refractivity contribution in [2.24, 2.45) is 0 Å². The molecule has 3 aromatic rings. The summed E-state index contributed by atoms with van der Waals surface area (Å²) in [5, 5.41) is 5.67. The quantitative estimate of drug-likeness (QED) is 0.509. The Labute approximate surface area is 167 Å². The second kappa shape index (κ2) is 8.29. The molecule has 0 aliphatic rings. The highest BCUT2D eigenvalue weighted by Gasteiger charge is 2.12. The summed E-state index contributed by atoms with van der Waals surface area (Å²) in [7, 11) is 0. The predicted octanol–water partition coefficient (Wildman–Crippen LogP) is 5.72. The van der Waals surface area contributed by atoms with Crippen LogP contribution in [0.2, 0.25) is 0 Å². The molecule has 26 heavy (non-hydrogen) atoms. The average Bonchev–Trinajstić information content (AvgIpc) is 2.64. The van der Waals surface area contributed by atoms with Gasteiger partial charge in [0.05, 0.1) is 11.4 Å². The third kappa shape index (κ3) is 4.59. The van der Waals surface area contributed by atoms with Gasteiger partial charge in [-0.1, -0.05) is 44.0 Å². The van der Waals surface area contributed by atoms with E-state index in [1.165, 1.54) is 0 Å². The normalized spacial score (nSPS) is 10.2. The van der Waals surface area contributed by atoms with Crippen molar-refractivity contribution >= 4 is 55.0 Å². The maximum absolute atomic E-state index is 12.4. The van der Waals surface area contributed by atoms with Crippen molar-refractivity contribution < 1.29 is 9.59 Å². The van der Waals surface area contributed by atoms with E-state index >= 15 is 0 Å². The highest BCUT2D eigenvalue weighted by Crippen LogP contribution is 2.23. The Morgan fingerprint density at radius 3 is 1.27 bits per heavy atom. The van der Waals surface area contributed by atoms with Crippen LogP contribution in [0.4, 0.5) is 11.4 Å². The predicted molar refractivity (Wildman–Crippen MR) is 111 cm³/mol. The van der Waals surface area contributed by atoms with Crippen molar-refractivity contribution in [2.45, 2.75) is 0 Å². The van der Waals surface area contributed by atoms with Crippen molar-refractivity contribution in [2.75, 3.05) is 10.6 Å². The Kier molecular flexibility index (Phi) is 5.85. The fourth-order valence-electron chi connectivity index (χ4n) is 2.29. The van der Waals surface area contributed by atoms with Crippen molar-refractivity contribution in [1.82, 2.24) is 0 Å². The van der Waals surface area contributed by atoms with E-state index in [0.717, 1.165) is 8.95 Å². The molecule has 0 atom stereocenters. The van der Waals surface area contributed by atoms with Gasteiger partial charge < -0.3 is 10.6 Å². The van der Waals surface area contributed by atoms with Crippen molar-refractivity contribution in [3.63, 3.8) is 0 Å². The lowest BCUT2D eigenvalue weighted by Crippen LogP contribution is -2.16. The van der Waals surface area contributed by atoms with E-state index in [2.05, 4.69) is 42.5 Å². The van der Waals surface area contributed by atoms with Crippen LogP contribution in [0, 0.1) is 0 Å². The summed E-state index contributed by atoms with van der Waals surface area (Å²) in [4.78, 5) is 24.9. The lowest BCUT2D eigenvalue weighted by Gasteiger charge is -2.12. The molecular formula is C20H14Br2N2O2. The van der Waals surface area contributed by atoms with Gasteiger partial charge in [0.15, 0.2) is 0 Å². The third-order valence-electron chi connectivity index (χ3n) is 3.64. The lowest BCUT2D eigenvalue weighted by atomic mass is 10.2. The molecule has 0 fully saturated rings. The zero-order valence-corrected chi connectivity index (χ0v) is 16.7. The molecule has 0 aliphatic carbocycles. The van der Waals surface area contributed by atoms with Crippen LogP contribution in [-0.2, 0) is 0 Å². The van der Waals surface area contributed by atoms with Gasteiger partial charge in [0, 0.05) is 20.1 Å². The smallest absolute Gasteiger partial charge is 0.255 e. The highest BCUT2D eigenvalue weighted by atomic mass is 79.9. The van der Waals surface area contributed by atoms with Crippen molar-refractivity contribution in [1.29, 1.82) is 0 Å². The van der Waals surface area contributed by atoms with Crippen LogP contribution in [0.15, 0.2) is 81.7 Å². The van der Waals surface area contributed by atoms with Crippen LogP contribution in [0.3, 0.4) is 0 Å². The van der Waals surface area contributed by atoms with Gasteiger partial charge in [-0.3, -0.25) is 9.59 Å². The van der Waals surface area contributed by atoms with Crippen LogP contribution in [-0.4, -0.2) is 11.8 Å². The number of hydrogen-bond donors (Lipinski definition) is 2. The molecule has 0 saturated carbocycles. The molecule has 2 amide bonds. The molecule has 0 spiro atoms. The molecular weight excluding hydrogens is 460 g/mol. The number of carbonyl (C=O) groups is 2. The number of nitrogens with one attached hydrogen (secondary N) is 2. The summed E-state index contributed by atoms with van der Waals surface area (Å²) in [6.45, 7) is 0. The Balaban J connectivity index is 1.77. The third-order valence-corrected chi connectivity index (χ3v) is 4.69. The minimum atomic E-state index is -0.247. The number of rotatable bonds is 4. The molecule has 0 aliphatic heterocycles. The van der Waals surface area contributed by atoms with Crippen LogP contribution in [0.1, 0.15) is 20.7 Å². The zero-order chi connectivity index (χ0) is 18.5. The van der Waals surface area contributed by atoms with E-state index in [1.54, 1.807) is 72.8 Å². The largest absolute Gasteiger partial charge is 0.320 e. The number of halogens is 2. The Bertz CT molecular complexity index is 860. The molecule has 0 radical (unpaired) electrons. The average molecular weight is 474 g/mol. The van der Waals surface area contributed by atoms with Crippen LogP contribution < -0.4 is 10.6 Å². The first kappa shape index (κ1) is 18.4. The van der Waals surface area contributed by atoms with Crippen LogP contribution in [0.5, 0.6) is 0 Å². The summed E-state index contributed by atoms with van der Waals surface area (Å²) < 4.78 is 1.80. The summed E-state index contributed by atoms with van der Waals surface area (Å²) in [5.74, 6) is -0.495. The Morgan fingerprint density at radius 1 is 0.577 bits per heavy atom. The van der Waals surface area contributed by atoms with Crippen molar-refractivity contribution in [3.8, 4) is 0 Å². The van der Waals surface area contributed by atoms with Gasteiger partial charge >= 0.3 is 0 Å². The number of benzene rings is 3. The molecule has 130 valence electrons. The Hall–Kier alpha value is -2.44. The molecule has 4 nitrogen and oxygen atoms in total. The number of hydrogen-bond acceptors (Lipinski definition) is 2. The summed E-state index contributed by atoms with van der Waals surface area (Å²) in [6.07, 6.45) is 0. The van der Waals surface area contributed by atoms with Crippen LogP contribution in [0.25, 0.3) is 0 Å². The molecule has 0 heterocycles. The van der Waals surface area contributed by atoms with E-state index in [9.17, 15) is 9.59 Å². The molecule has 0 aromatic heterocycles. The second-order valence-corrected chi connectivity index (χ2v) is 7.30. The minimum Gasteiger partial charge on any atom is -0.320 e. The van der Waals surface area contributed by atoms with Gasteiger partial charge in [-0.05, 0) is 60.7 Å². The van der Waals surface area contributed by atoms with Gasteiger partial charge in [-0.25, -0.2) is 0 Å². The molecule has 2 N–H and O–H groups in total. The second-order valence-electron chi connectivity index (χ2n) is 5.47. The van der Waals surface area contributed by atoms with Crippen molar-refractivity contribution in [3.05, 3.63) is 92.9 Å². The number of para-hydroxylation sites is 2. The molecule has 0 unspecified atom stereocenters. The Morgan fingerprint density at radius 2 is 0.923 bits per heavy atom. The molecule has 6 heteroatoms. The van der Waals surface area contributed by atoms with Gasteiger partial charge in [-0.2, -0.15) is 0 Å². The molecule has 0 saturated heterocycles. The molecule has 0 bridgehead atoms. The minimum absolute atomic E-state index is 0.247. The highest BCUT2D eigenvalue weighted by molar-refractivity contribution is 9.10. The van der Waals surface area contributed by atoms with E-state index < -0.39 is 0 Å². The molecule has 3 rings (SSSR count). The summed E-state index contributed by atoms with van der Waals surface area (Å²) >= 11 is 6.69. The number of anilines is 2. The SMILES string of the molecule is O=C(Nc1ccccc1NC(=O)c1ccc(Br)cc1)c1ccc(Br)cc1. The first-order valence-electron chi connectivity index (χ1n) is 7.76. The fraction of sp³-hybridized carbons (Fsp3) is 0. The van der Waals surface area contributed by atoms with Gasteiger partial charge in [0.25, 0.3) is 11.8 Å². The summed E-state index contributed by atoms with van der Waals surface area (Å²) in [5.41, 5.74) is 2.13.